The number of aliphatic hydroxyl groups excluding tert-OH is 4. The van der Waals surface area contributed by atoms with Gasteiger partial charge in [-0.3, -0.25) is 9.80 Å². The van der Waals surface area contributed by atoms with Crippen molar-refractivity contribution >= 4 is 0 Å². The number of hydrogen-bond acceptors (Lipinski definition) is 7. The third-order valence-corrected chi connectivity index (χ3v) is 13.5. The number of likely N-dealkylation sites (N-methyl/N-ethyl adjacent to an activating group) is 1. The van der Waals surface area contributed by atoms with Crippen molar-refractivity contribution in [3.63, 3.8) is 0 Å². The van der Waals surface area contributed by atoms with Crippen LogP contribution >= 0.6 is 0 Å². The zero-order valence-corrected chi connectivity index (χ0v) is 48.0. The summed E-state index contributed by atoms with van der Waals surface area (Å²) >= 11 is 0. The Labute approximate surface area is 447 Å². The van der Waals surface area contributed by atoms with E-state index in [2.05, 4.69) is 147 Å². The van der Waals surface area contributed by atoms with Crippen molar-refractivity contribution < 1.29 is 20.4 Å². The zero-order valence-electron chi connectivity index (χ0n) is 48.0. The van der Waals surface area contributed by atoms with E-state index in [1.807, 2.05) is 0 Å². The Morgan fingerprint density at radius 3 is 0.736 bits per heavy atom. The van der Waals surface area contributed by atoms with Crippen LogP contribution in [0, 0.1) is 0 Å². The number of rotatable bonds is 54. The topological polar surface area (TPSA) is 90.6 Å². The molecule has 4 N–H and O–H groups in total. The second-order valence-corrected chi connectivity index (χ2v) is 20.8. The second-order valence-electron chi connectivity index (χ2n) is 20.8. The minimum absolute atomic E-state index is 0.402. The van der Waals surface area contributed by atoms with Gasteiger partial charge in [-0.1, -0.05) is 202 Å². The zero-order chi connectivity index (χ0) is 52.6. The smallest absolute Gasteiger partial charge is 0.0667 e. The van der Waals surface area contributed by atoms with Gasteiger partial charge >= 0.3 is 0 Å². The van der Waals surface area contributed by atoms with Crippen LogP contribution < -0.4 is 0 Å². The van der Waals surface area contributed by atoms with Gasteiger partial charge in [0.15, 0.2) is 0 Å². The maximum Gasteiger partial charge on any atom is 0.0667 e. The van der Waals surface area contributed by atoms with Crippen LogP contribution in [0.2, 0.25) is 0 Å². The van der Waals surface area contributed by atoms with Crippen molar-refractivity contribution in [2.45, 2.75) is 258 Å². The minimum Gasteiger partial charge on any atom is -0.392 e. The van der Waals surface area contributed by atoms with E-state index in [0.29, 0.717) is 26.2 Å². The average Bonchev–Trinajstić information content (AvgIpc) is 3.36. The second kappa shape index (κ2) is 56.4. The summed E-state index contributed by atoms with van der Waals surface area (Å²) in [7, 11) is 2.17. The molecule has 72 heavy (non-hydrogen) atoms. The first-order valence-corrected chi connectivity index (χ1v) is 30.3. The third kappa shape index (κ3) is 52.5. The van der Waals surface area contributed by atoms with Crippen LogP contribution in [-0.4, -0.2) is 119 Å². The van der Waals surface area contributed by atoms with Gasteiger partial charge in [-0.25, -0.2) is 0 Å². The number of unbranched alkanes of at least 4 members (excludes halogenated alkanes) is 16. The molecule has 0 fully saturated rings. The van der Waals surface area contributed by atoms with Gasteiger partial charge in [0.1, 0.15) is 0 Å². The molecule has 0 aliphatic rings. The molecule has 0 amide bonds. The SMILES string of the molecule is CC/C=C\C/C=C\CCCCCCC(O)CN(CCN(C)CCN(CC(O)CCCCCC/C=C\C/C=C\CC)CC(O)CCCCCC/C=C\C/C=C\CC)CC(O)CCCCCC/C=C\C/C=C\CC. The molecule has 0 bridgehead atoms. The Balaban J connectivity index is 5.31. The van der Waals surface area contributed by atoms with Crippen molar-refractivity contribution in [2.75, 3.05) is 59.4 Å². The molecule has 0 saturated carbocycles. The molecule has 0 aromatic carbocycles. The van der Waals surface area contributed by atoms with Crippen molar-refractivity contribution in [1.29, 1.82) is 0 Å². The molecule has 0 aromatic rings. The molecule has 0 rings (SSSR count). The highest BCUT2D eigenvalue weighted by atomic mass is 16.3. The molecule has 0 aliphatic carbocycles. The summed E-state index contributed by atoms with van der Waals surface area (Å²) in [6, 6.07) is 0. The lowest BCUT2D eigenvalue weighted by molar-refractivity contribution is 0.0492. The Hall–Kier alpha value is -2.36. The van der Waals surface area contributed by atoms with Crippen LogP contribution in [0.25, 0.3) is 0 Å². The largest absolute Gasteiger partial charge is 0.392 e. The number of nitrogens with zero attached hydrogens (tertiary/aromatic N) is 3. The first-order chi connectivity index (χ1) is 35.2. The molecule has 0 spiro atoms. The fraction of sp³-hybridized carbons (Fsp3) is 0.754. The van der Waals surface area contributed by atoms with Gasteiger partial charge in [0.2, 0.25) is 0 Å². The van der Waals surface area contributed by atoms with Crippen LogP contribution in [0.4, 0.5) is 0 Å². The van der Waals surface area contributed by atoms with Gasteiger partial charge in [-0.05, 0) is 135 Å². The first-order valence-electron chi connectivity index (χ1n) is 30.3. The highest BCUT2D eigenvalue weighted by molar-refractivity contribution is 4.95. The monoisotopic (exact) mass is 1010 g/mol. The Morgan fingerprint density at radius 2 is 0.500 bits per heavy atom. The van der Waals surface area contributed by atoms with Gasteiger partial charge in [0, 0.05) is 52.4 Å². The Bertz CT molecular complexity index is 1160. The summed E-state index contributed by atoms with van der Waals surface area (Å²) in [5.41, 5.74) is 0. The predicted molar refractivity (Wildman–Crippen MR) is 318 cm³/mol. The van der Waals surface area contributed by atoms with E-state index in [1.165, 1.54) is 51.4 Å². The van der Waals surface area contributed by atoms with E-state index in [9.17, 15) is 20.4 Å². The summed E-state index contributed by atoms with van der Waals surface area (Å²) in [6.07, 6.45) is 68.9. The molecular weight excluding hydrogens is 887 g/mol. The fourth-order valence-corrected chi connectivity index (χ4v) is 9.01. The average molecular weight is 1010 g/mol. The lowest BCUT2D eigenvalue weighted by Gasteiger charge is -2.31. The molecule has 0 aromatic heterocycles. The van der Waals surface area contributed by atoms with Crippen molar-refractivity contribution in [1.82, 2.24) is 14.7 Å². The molecule has 418 valence electrons. The Morgan fingerprint density at radius 1 is 0.278 bits per heavy atom. The van der Waals surface area contributed by atoms with Crippen LogP contribution in [0.1, 0.15) is 233 Å². The molecular formula is C65H119N3O4. The standard InChI is InChI=1S/C65H119N3O4/c1-6-10-14-18-22-26-30-34-38-42-46-50-62(69)58-67(59-63(70)51-47-43-39-35-31-27-23-19-15-11-7-2)56-54-66(5)55-57-68(60-64(71)52-48-44-40-36-32-28-24-20-16-12-8-3)61-65(72)53-49-45-41-37-33-29-25-21-17-13-9-4/h10-17,22-29,62-65,69-72H,6-9,18-21,30-61H2,1-5H3/b14-10-,15-11-,16-12-,17-13-,26-22-,27-23-,28-24-,29-25-. The fourth-order valence-electron chi connectivity index (χ4n) is 9.01. The van der Waals surface area contributed by atoms with E-state index in [-0.39, 0.29) is 0 Å². The van der Waals surface area contributed by atoms with Gasteiger partial charge in [-0.2, -0.15) is 0 Å². The predicted octanol–water partition coefficient (Wildman–Crippen LogP) is 16.0. The summed E-state index contributed by atoms with van der Waals surface area (Å²) < 4.78 is 0. The van der Waals surface area contributed by atoms with E-state index in [0.717, 1.165) is 180 Å². The quantitative estimate of drug-likeness (QED) is 0.0356. The number of aliphatic hydroxyl groups is 4. The van der Waals surface area contributed by atoms with Crippen LogP contribution in [0.15, 0.2) is 97.2 Å². The van der Waals surface area contributed by atoms with Crippen LogP contribution in [0.3, 0.4) is 0 Å². The van der Waals surface area contributed by atoms with Gasteiger partial charge < -0.3 is 25.3 Å². The van der Waals surface area contributed by atoms with Crippen LogP contribution in [0.5, 0.6) is 0 Å². The highest BCUT2D eigenvalue weighted by Crippen LogP contribution is 2.15. The van der Waals surface area contributed by atoms with Crippen LogP contribution in [-0.2, 0) is 0 Å². The summed E-state index contributed by atoms with van der Waals surface area (Å²) in [6.45, 7) is 14.3. The lowest BCUT2D eigenvalue weighted by atomic mass is 10.1. The van der Waals surface area contributed by atoms with E-state index >= 15 is 0 Å². The van der Waals surface area contributed by atoms with Crippen molar-refractivity contribution in [3.05, 3.63) is 97.2 Å². The van der Waals surface area contributed by atoms with Gasteiger partial charge in [-0.15, -0.1) is 0 Å². The molecule has 7 heteroatoms. The molecule has 0 saturated heterocycles. The van der Waals surface area contributed by atoms with E-state index < -0.39 is 24.4 Å². The van der Waals surface area contributed by atoms with Crippen molar-refractivity contribution in [3.8, 4) is 0 Å². The molecule has 4 unspecified atom stereocenters. The summed E-state index contributed by atoms with van der Waals surface area (Å²) in [5, 5.41) is 45.0. The maximum atomic E-state index is 11.3. The number of allylic oxidation sites excluding steroid dienone is 16. The summed E-state index contributed by atoms with van der Waals surface area (Å²) in [5.74, 6) is 0. The van der Waals surface area contributed by atoms with E-state index in [1.54, 1.807) is 0 Å². The van der Waals surface area contributed by atoms with E-state index in [4.69, 9.17) is 0 Å². The minimum atomic E-state index is -0.402. The molecule has 4 atom stereocenters. The third-order valence-electron chi connectivity index (χ3n) is 13.5. The first kappa shape index (κ1) is 69.6. The number of hydrogen-bond donors (Lipinski definition) is 4. The van der Waals surface area contributed by atoms with Gasteiger partial charge in [0.25, 0.3) is 0 Å². The molecule has 0 heterocycles. The summed E-state index contributed by atoms with van der Waals surface area (Å²) in [4.78, 5) is 6.95. The molecule has 0 radical (unpaired) electrons. The molecule has 0 aliphatic heterocycles. The maximum absolute atomic E-state index is 11.3. The lowest BCUT2D eigenvalue weighted by Crippen LogP contribution is -2.44. The van der Waals surface area contributed by atoms with Gasteiger partial charge in [0.05, 0.1) is 24.4 Å². The molecule has 7 nitrogen and oxygen atoms in total. The van der Waals surface area contributed by atoms with Crippen molar-refractivity contribution in [2.24, 2.45) is 0 Å². The highest BCUT2D eigenvalue weighted by Gasteiger charge is 2.19. The normalized spacial score (nSPS) is 14.7. The Kier molecular flexibility index (Phi) is 54.5.